The van der Waals surface area contributed by atoms with Gasteiger partial charge >= 0.3 is 5.97 Å². The van der Waals surface area contributed by atoms with E-state index < -0.39 is 5.97 Å². The van der Waals surface area contributed by atoms with E-state index in [9.17, 15) is 9.59 Å². The van der Waals surface area contributed by atoms with Gasteiger partial charge in [-0.15, -0.1) is 11.8 Å². The molecule has 0 spiro atoms. The van der Waals surface area contributed by atoms with Crippen molar-refractivity contribution in [3.8, 4) is 11.8 Å². The molecule has 1 amide bonds. The molecule has 0 saturated carbocycles. The van der Waals surface area contributed by atoms with Crippen LogP contribution >= 0.6 is 0 Å². The minimum absolute atomic E-state index is 0.218. The lowest BCUT2D eigenvalue weighted by Gasteiger charge is -2.06. The highest BCUT2D eigenvalue weighted by Crippen LogP contribution is 2.02. The molecule has 1 aromatic rings. The maximum absolute atomic E-state index is 11.7. The number of carboxylic acids is 1. The molecule has 17 heavy (non-hydrogen) atoms. The number of nitrogens with one attached hydrogen (secondary N) is 1. The van der Waals surface area contributed by atoms with Crippen molar-refractivity contribution in [3.63, 3.8) is 0 Å². The number of carbonyl (C=O) groups is 2. The topological polar surface area (TPSA) is 71.3 Å². The Hall–Kier alpha value is -2.22. The van der Waals surface area contributed by atoms with Crippen LogP contribution in [0.1, 0.15) is 23.8 Å². The van der Waals surface area contributed by atoms with E-state index in [4.69, 9.17) is 5.11 Å². The normalized spacial score (nSPS) is 9.24. The van der Waals surface area contributed by atoms with Gasteiger partial charge < -0.3 is 15.0 Å². The van der Waals surface area contributed by atoms with E-state index in [1.54, 1.807) is 25.3 Å². The van der Waals surface area contributed by atoms with Gasteiger partial charge in [-0.25, -0.2) is 0 Å². The van der Waals surface area contributed by atoms with Gasteiger partial charge in [0.25, 0.3) is 5.91 Å². The van der Waals surface area contributed by atoms with Crippen molar-refractivity contribution in [1.82, 2.24) is 9.88 Å². The number of nitrogens with zero attached hydrogens (tertiary/aromatic N) is 1. The molecule has 0 bridgehead atoms. The first kappa shape index (κ1) is 12.8. The predicted octanol–water partition coefficient (Wildman–Crippen LogP) is 0.716. The van der Waals surface area contributed by atoms with Crippen molar-refractivity contribution in [2.45, 2.75) is 19.9 Å². The summed E-state index contributed by atoms with van der Waals surface area (Å²) in [5.41, 5.74) is 0.344. The molecule has 1 aromatic heterocycles. The van der Waals surface area contributed by atoms with E-state index in [0.29, 0.717) is 18.7 Å². The number of rotatable bonds is 5. The van der Waals surface area contributed by atoms with Crippen LogP contribution in [0.5, 0.6) is 0 Å². The van der Waals surface area contributed by atoms with Crippen molar-refractivity contribution in [1.29, 1.82) is 0 Å². The SMILES string of the molecule is CC#CCCNC(=O)c1cccn1CC(=O)O. The smallest absolute Gasteiger partial charge is 0.323 e. The van der Waals surface area contributed by atoms with Crippen molar-refractivity contribution in [2.24, 2.45) is 0 Å². The van der Waals surface area contributed by atoms with Crippen LogP contribution in [0.15, 0.2) is 18.3 Å². The van der Waals surface area contributed by atoms with Crippen LogP contribution in [0, 0.1) is 11.8 Å². The highest BCUT2D eigenvalue weighted by atomic mass is 16.4. The molecule has 5 heteroatoms. The minimum atomic E-state index is -0.980. The number of aromatic nitrogens is 1. The molecule has 90 valence electrons. The highest BCUT2D eigenvalue weighted by Gasteiger charge is 2.11. The molecule has 0 aliphatic carbocycles. The number of carbonyl (C=O) groups excluding carboxylic acids is 1. The number of hydrogen-bond acceptors (Lipinski definition) is 2. The van der Waals surface area contributed by atoms with E-state index in [-0.39, 0.29) is 12.5 Å². The predicted molar refractivity (Wildman–Crippen MR) is 62.5 cm³/mol. The third kappa shape index (κ3) is 4.03. The molecule has 0 atom stereocenters. The van der Waals surface area contributed by atoms with Gasteiger partial charge in [-0.05, 0) is 19.1 Å². The lowest BCUT2D eigenvalue weighted by atomic mass is 10.3. The molecule has 0 unspecified atom stereocenters. The van der Waals surface area contributed by atoms with E-state index in [0.717, 1.165) is 0 Å². The number of aliphatic carboxylic acids is 1. The summed E-state index contributed by atoms with van der Waals surface area (Å²) in [7, 11) is 0. The Kier molecular flexibility index (Phi) is 4.82. The molecule has 1 rings (SSSR count). The van der Waals surface area contributed by atoms with Crippen LogP contribution in [0.3, 0.4) is 0 Å². The van der Waals surface area contributed by atoms with Gasteiger partial charge in [-0.3, -0.25) is 9.59 Å². The molecule has 0 saturated heterocycles. The van der Waals surface area contributed by atoms with Crippen LogP contribution in [-0.4, -0.2) is 28.1 Å². The third-order valence-corrected chi connectivity index (χ3v) is 2.08. The summed E-state index contributed by atoms with van der Waals surface area (Å²) in [4.78, 5) is 22.3. The standard InChI is InChI=1S/C12H14N2O3/c1-2-3-4-7-13-12(17)10-6-5-8-14(10)9-11(15)16/h5-6,8H,4,7,9H2,1H3,(H,13,17)(H,15,16). The maximum Gasteiger partial charge on any atom is 0.323 e. The van der Waals surface area contributed by atoms with Crippen molar-refractivity contribution in [3.05, 3.63) is 24.0 Å². The van der Waals surface area contributed by atoms with Gasteiger partial charge in [0.1, 0.15) is 12.2 Å². The Morgan fingerprint density at radius 3 is 2.94 bits per heavy atom. The molecule has 1 heterocycles. The number of hydrogen-bond donors (Lipinski definition) is 2. The van der Waals surface area contributed by atoms with Gasteiger partial charge in [0.15, 0.2) is 0 Å². The van der Waals surface area contributed by atoms with Gasteiger partial charge in [0, 0.05) is 19.2 Å². The fourth-order valence-electron chi connectivity index (χ4n) is 1.36. The van der Waals surface area contributed by atoms with Gasteiger partial charge in [0.05, 0.1) is 0 Å². The zero-order valence-corrected chi connectivity index (χ0v) is 9.56. The van der Waals surface area contributed by atoms with Crippen molar-refractivity contribution in [2.75, 3.05) is 6.54 Å². The molecule has 5 nitrogen and oxygen atoms in total. The lowest BCUT2D eigenvalue weighted by Crippen LogP contribution is -2.27. The highest BCUT2D eigenvalue weighted by molar-refractivity contribution is 5.93. The van der Waals surface area contributed by atoms with Crippen LogP contribution in [0.2, 0.25) is 0 Å². The summed E-state index contributed by atoms with van der Waals surface area (Å²) in [6, 6.07) is 3.23. The Labute approximate surface area is 99.4 Å². The zero-order valence-electron chi connectivity index (χ0n) is 9.56. The first-order valence-corrected chi connectivity index (χ1v) is 5.20. The Morgan fingerprint density at radius 1 is 1.53 bits per heavy atom. The first-order chi connectivity index (χ1) is 8.15. The largest absolute Gasteiger partial charge is 0.480 e. The van der Waals surface area contributed by atoms with Gasteiger partial charge in [-0.1, -0.05) is 0 Å². The average molecular weight is 234 g/mol. The summed E-state index contributed by atoms with van der Waals surface area (Å²) in [5, 5.41) is 11.3. The lowest BCUT2D eigenvalue weighted by molar-refractivity contribution is -0.137. The monoisotopic (exact) mass is 234 g/mol. The van der Waals surface area contributed by atoms with E-state index in [2.05, 4.69) is 17.2 Å². The van der Waals surface area contributed by atoms with E-state index in [1.807, 2.05) is 0 Å². The molecular weight excluding hydrogens is 220 g/mol. The molecule has 0 radical (unpaired) electrons. The van der Waals surface area contributed by atoms with Crippen LogP contribution in [0.25, 0.3) is 0 Å². The molecule has 0 aliphatic heterocycles. The van der Waals surface area contributed by atoms with Gasteiger partial charge in [0.2, 0.25) is 0 Å². The summed E-state index contributed by atoms with van der Waals surface area (Å²) >= 11 is 0. The van der Waals surface area contributed by atoms with Crippen molar-refractivity contribution < 1.29 is 14.7 Å². The molecule has 0 fully saturated rings. The first-order valence-electron chi connectivity index (χ1n) is 5.20. The summed E-state index contributed by atoms with van der Waals surface area (Å²) in [6.07, 6.45) is 2.15. The second-order valence-corrected chi connectivity index (χ2v) is 3.35. The quantitative estimate of drug-likeness (QED) is 0.582. The Balaban J connectivity index is 2.58. The summed E-state index contributed by atoms with van der Waals surface area (Å²) < 4.78 is 1.39. The Bertz CT molecular complexity index is 466. The molecular formula is C12H14N2O3. The van der Waals surface area contributed by atoms with E-state index >= 15 is 0 Å². The fourth-order valence-corrected chi connectivity index (χ4v) is 1.36. The fraction of sp³-hybridized carbons (Fsp3) is 0.333. The third-order valence-electron chi connectivity index (χ3n) is 2.08. The Morgan fingerprint density at radius 2 is 2.29 bits per heavy atom. The van der Waals surface area contributed by atoms with Crippen LogP contribution < -0.4 is 5.32 Å². The molecule has 2 N–H and O–H groups in total. The second kappa shape index (κ2) is 6.38. The number of carboxylic acid groups (broad SMARTS) is 1. The molecule has 0 aromatic carbocycles. The number of amides is 1. The summed E-state index contributed by atoms with van der Waals surface area (Å²) in [6.45, 7) is 1.97. The van der Waals surface area contributed by atoms with E-state index in [1.165, 1.54) is 4.57 Å². The minimum Gasteiger partial charge on any atom is -0.480 e. The van der Waals surface area contributed by atoms with Crippen LogP contribution in [-0.2, 0) is 11.3 Å². The van der Waals surface area contributed by atoms with Crippen LogP contribution in [0.4, 0.5) is 0 Å². The zero-order chi connectivity index (χ0) is 12.7. The second-order valence-electron chi connectivity index (χ2n) is 3.35. The van der Waals surface area contributed by atoms with Crippen molar-refractivity contribution >= 4 is 11.9 Å². The van der Waals surface area contributed by atoms with Gasteiger partial charge in [-0.2, -0.15) is 0 Å². The average Bonchev–Trinajstić information content (AvgIpc) is 2.71. The summed E-state index contributed by atoms with van der Waals surface area (Å²) in [5.74, 6) is 4.30. The molecule has 0 aliphatic rings. The maximum atomic E-state index is 11.7.